The van der Waals surface area contributed by atoms with Gasteiger partial charge in [0.2, 0.25) is 0 Å². The second-order valence-corrected chi connectivity index (χ2v) is 45.0. The van der Waals surface area contributed by atoms with E-state index >= 15 is 0 Å². The molecule has 0 N–H and O–H groups in total. The van der Waals surface area contributed by atoms with Crippen LogP contribution in [0.2, 0.25) is 0 Å². The summed E-state index contributed by atoms with van der Waals surface area (Å²) in [5, 5.41) is 6.37. The molecular weight excluding hydrogens is 2200 g/mol. The van der Waals surface area contributed by atoms with Crippen molar-refractivity contribution in [1.82, 2.24) is 47.8 Å². The quantitative estimate of drug-likeness (QED) is 0.0910. The average Bonchev–Trinajstić information content (AvgIpc) is 1.60. The first-order chi connectivity index (χ1) is 55.0. The summed E-state index contributed by atoms with van der Waals surface area (Å²) in [6.45, 7) is 4.30. The van der Waals surface area contributed by atoms with Gasteiger partial charge in [-0.2, -0.15) is 0 Å². The van der Waals surface area contributed by atoms with E-state index in [-0.39, 0.29) is 89.8 Å². The fourth-order valence-electron chi connectivity index (χ4n) is 12.5. The molecule has 0 aliphatic rings. The van der Waals surface area contributed by atoms with E-state index in [2.05, 4.69) is 300 Å². The molecule has 0 fully saturated rings. The Kier molecular flexibility index (Phi) is 24.4. The summed E-state index contributed by atoms with van der Waals surface area (Å²) in [5.41, 5.74) is 23.1. The van der Waals surface area contributed by atoms with E-state index < -0.39 is 0 Å². The summed E-state index contributed by atoms with van der Waals surface area (Å²) < 4.78 is 63.1. The van der Waals surface area contributed by atoms with Crippen molar-refractivity contribution in [2.24, 2.45) is 4.30 Å². The average molecular weight is 2240 g/mol. The van der Waals surface area contributed by atoms with Crippen molar-refractivity contribution in [3.8, 4) is 124 Å². The number of halogens is 3. The number of thiol groups is 1. The first-order valence-corrected chi connectivity index (χ1v) is 53.6. The third-order valence-electron chi connectivity index (χ3n) is 17.6. The Labute approximate surface area is 749 Å². The zero-order valence-electron chi connectivity index (χ0n) is 57.2. The molecule has 0 unspecified atom stereocenters. The Balaban J connectivity index is 0.000000112. The topological polar surface area (TPSA) is 167 Å². The molecule has 0 bridgehead atoms. The van der Waals surface area contributed by atoms with Crippen LogP contribution in [0.4, 0.5) is 0 Å². The second-order valence-electron chi connectivity index (χ2n) is 24.2. The van der Waals surface area contributed by atoms with Crippen LogP contribution < -0.4 is 0 Å². The van der Waals surface area contributed by atoms with Crippen LogP contribution >= 0.6 is 174 Å². The molecule has 6 aromatic carbocycles. The van der Waals surface area contributed by atoms with E-state index in [1.807, 2.05) is 80.2 Å². The molecule has 0 aliphatic carbocycles. The molecule has 16 aromatic heterocycles. The molecule has 13 nitrogen and oxygen atoms in total. The van der Waals surface area contributed by atoms with E-state index in [9.17, 15) is 0 Å². The molecule has 112 heavy (non-hydrogen) atoms. The third kappa shape index (κ3) is 16.1. The molecule has 0 saturated carbocycles. The Hall–Kier alpha value is -5.31. The standard InChI is InChI=1S/C29H15BrN4S4Se2.C28H14N4S4Se2.C12H4Br2N4Se2.C9H8S2.BHNS/c1-14-2-7-21(35-14)22-10-8-19(36-22)17-5-3-15(26-28(17)33-39-31-26)16-4-6-18(29-27(16)32-40-34-29)20-9-11-23(37-20)24-12-13-25(30)38-24;1-3-21(33-13-1)23-11-9-19(35-23)17-7-5-15(25-27(17)31-37-29-25)16-6-8-18(28-26(16)30-38-32-28)20-10-12-24(36-20)22-4-2-14-34-22;13-7-3-1-5(9-11(7)17-19-15-9)6-2-4-8(14)12-10(6)16-20-18-12;1-7-4-5-9(11-7)8-3-2-6-10-8;1-2-3/h2-13H,1H3;1-14H;1-4H;2-6H,1H3;3H. The fourth-order valence-corrected chi connectivity index (χ4v) is 31.0. The normalized spacial score (nSPS) is 11.3. The van der Waals surface area contributed by atoms with Crippen LogP contribution in [0.3, 0.4) is 0 Å². The van der Waals surface area contributed by atoms with Crippen LogP contribution in [0.15, 0.2) is 227 Å². The maximum absolute atomic E-state index is 4.91. The Morgan fingerprint density at radius 3 is 0.732 bits per heavy atom. The Bertz CT molecular complexity index is 6720. The predicted octanol–water partition coefficient (Wildman–Crippen LogP) is 24.5. The van der Waals surface area contributed by atoms with Crippen molar-refractivity contribution in [2.45, 2.75) is 13.8 Å². The van der Waals surface area contributed by atoms with Gasteiger partial charge < -0.3 is 0 Å². The van der Waals surface area contributed by atoms with E-state index in [4.69, 9.17) is 31.8 Å². The number of fused-ring (bicyclic) bond motifs is 6. The Morgan fingerprint density at radius 1 is 0.250 bits per heavy atom. The number of nitrogens with zero attached hydrogens (tertiary/aromatic N) is 13. The summed E-state index contributed by atoms with van der Waals surface area (Å²) in [4.78, 5) is 20.7. The summed E-state index contributed by atoms with van der Waals surface area (Å²) in [6, 6.07) is 69.4. The fraction of sp³-hybridized carbons (Fsp3) is 0.0256. The van der Waals surface area contributed by atoms with Crippen molar-refractivity contribution >= 4 is 338 Å². The molecule has 0 amide bonds. The molecular formula is C78H42BBr3N13S11Se6. The number of benzene rings is 6. The molecule has 545 valence electrons. The van der Waals surface area contributed by atoms with Crippen LogP contribution in [0, 0.1) is 13.8 Å². The van der Waals surface area contributed by atoms with Crippen molar-refractivity contribution < 1.29 is 0 Å². The summed E-state index contributed by atoms with van der Waals surface area (Å²) in [5.74, 6) is 0. The van der Waals surface area contributed by atoms with Crippen molar-refractivity contribution in [1.29, 1.82) is 0 Å². The predicted molar refractivity (Wildman–Crippen MR) is 500 cm³/mol. The van der Waals surface area contributed by atoms with Crippen LogP contribution in [0.25, 0.3) is 190 Å². The zero-order valence-corrected chi connectivity index (χ0v) is 81.3. The molecule has 16 heterocycles. The van der Waals surface area contributed by atoms with Gasteiger partial charge in [-0.25, -0.2) is 0 Å². The van der Waals surface area contributed by atoms with Gasteiger partial charge >= 0.3 is 686 Å². The van der Waals surface area contributed by atoms with Gasteiger partial charge in [-0.3, -0.25) is 0 Å². The molecule has 22 aromatic rings. The number of thiophene rings is 10. The molecule has 22 rings (SSSR count). The van der Waals surface area contributed by atoms with Gasteiger partial charge in [0.25, 0.3) is 0 Å². The summed E-state index contributed by atoms with van der Waals surface area (Å²) in [6.07, 6.45) is 0. The van der Waals surface area contributed by atoms with Gasteiger partial charge in [-0.15, -0.1) is 22.7 Å². The number of hydrogen-bond acceptors (Lipinski definition) is 24. The minimum absolute atomic E-state index is 0.0506. The number of aromatic nitrogens is 12. The van der Waals surface area contributed by atoms with Gasteiger partial charge in [-0.05, 0) is 30.5 Å². The molecule has 1 radical (unpaired) electrons. The number of hydrogen-bond donors (Lipinski definition) is 1. The number of rotatable bonds is 12. The van der Waals surface area contributed by atoms with Gasteiger partial charge in [0.05, 0.1) is 0 Å². The van der Waals surface area contributed by atoms with Crippen molar-refractivity contribution in [3.05, 3.63) is 233 Å². The minimum atomic E-state index is -0.145. The van der Waals surface area contributed by atoms with Gasteiger partial charge in [0.15, 0.2) is 0 Å². The Morgan fingerprint density at radius 2 is 0.464 bits per heavy atom. The molecule has 0 saturated heterocycles. The molecule has 34 heteroatoms. The van der Waals surface area contributed by atoms with Crippen molar-refractivity contribution in [2.75, 3.05) is 0 Å². The second kappa shape index (κ2) is 35.1. The first-order valence-electron chi connectivity index (χ1n) is 33.3. The summed E-state index contributed by atoms with van der Waals surface area (Å²) >= 11 is 31.3. The van der Waals surface area contributed by atoms with Crippen LogP contribution in [0.1, 0.15) is 9.75 Å². The zero-order chi connectivity index (χ0) is 75.9. The van der Waals surface area contributed by atoms with Gasteiger partial charge in [-0.1, -0.05) is 6.07 Å². The summed E-state index contributed by atoms with van der Waals surface area (Å²) in [7, 11) is 4.34. The van der Waals surface area contributed by atoms with E-state index in [0.717, 1.165) is 123 Å². The van der Waals surface area contributed by atoms with E-state index in [1.54, 1.807) is 45.3 Å². The van der Waals surface area contributed by atoms with Crippen LogP contribution in [0.5, 0.6) is 0 Å². The molecule has 0 atom stereocenters. The first kappa shape index (κ1) is 77.9. The number of aryl methyl sites for hydroxylation is 2. The van der Waals surface area contributed by atoms with E-state index in [1.165, 1.54) is 89.2 Å². The van der Waals surface area contributed by atoms with E-state index in [0.29, 0.717) is 0 Å². The molecule has 0 spiro atoms. The van der Waals surface area contributed by atoms with Gasteiger partial charge in [0.1, 0.15) is 0 Å². The maximum atomic E-state index is 4.91. The van der Waals surface area contributed by atoms with Crippen molar-refractivity contribution in [3.63, 3.8) is 0 Å². The SMILES string of the molecule is Brc1ccc(-c2ccc(Br)c3n[se]nc23)c2n[se]nc12.Cc1ccc(-c2ccc(-c3ccc(-c4ccc(-c5ccc(-c6ccc(Br)s6)s5)c5n[se]nc45)c4n[se]nc34)s2)s1.Cc1ccc(-c2cccs2)s1.[B]=NS.c1csc(-c2ccc(-c3ccc(-c4ccc(-c5ccc(-c6cccs6)s5)c5n[se]nc45)c4n[se]nc34)s2)c1. The third-order valence-corrected chi connectivity index (χ3v) is 37.2. The monoisotopic (exact) mass is 2240 g/mol. The molecule has 0 aliphatic heterocycles. The van der Waals surface area contributed by atoms with Crippen LogP contribution in [-0.4, -0.2) is 145 Å². The van der Waals surface area contributed by atoms with Crippen LogP contribution in [-0.2, 0) is 0 Å². The van der Waals surface area contributed by atoms with Gasteiger partial charge in [0, 0.05) is 14.6 Å².